The molecule has 0 spiro atoms. The topological polar surface area (TPSA) is 81.1 Å². The number of aliphatic hydroxyl groups is 1. The van der Waals surface area contributed by atoms with E-state index in [1.165, 1.54) is 0 Å². The van der Waals surface area contributed by atoms with E-state index in [9.17, 15) is 18.4 Å². The number of rotatable bonds is 2. The summed E-state index contributed by atoms with van der Waals surface area (Å²) >= 11 is 0. The van der Waals surface area contributed by atoms with Crippen LogP contribution >= 0.6 is 0 Å². The lowest BCUT2D eigenvalue weighted by Crippen LogP contribution is -2.43. The number of amides is 2. The average molecular weight is 278 g/mol. The van der Waals surface area contributed by atoms with Crippen molar-refractivity contribution in [1.29, 1.82) is 0 Å². The Balaban J connectivity index is 2.02. The van der Waals surface area contributed by atoms with E-state index < -0.39 is 49.5 Å². The molecule has 0 aromatic heterocycles. The van der Waals surface area contributed by atoms with Crippen molar-refractivity contribution in [3.63, 3.8) is 0 Å². The van der Waals surface area contributed by atoms with Crippen LogP contribution < -0.4 is 0 Å². The summed E-state index contributed by atoms with van der Waals surface area (Å²) in [6.07, 6.45) is -1.31. The van der Waals surface area contributed by atoms with Gasteiger partial charge < -0.3 is 20.0 Å². The smallest absolute Gasteiger partial charge is 0.407 e. The Bertz CT molecular complexity index is 391. The molecule has 8 heteroatoms. The maximum Gasteiger partial charge on any atom is 0.407 e. The second kappa shape index (κ2) is 4.92. The number of carbonyl (C=O) groups excluding carboxylic acids is 1. The molecule has 2 unspecified atom stereocenters. The fraction of sp³-hybridized carbons (Fsp3) is 0.818. The first kappa shape index (κ1) is 14.0. The molecule has 19 heavy (non-hydrogen) atoms. The number of carbonyl (C=O) groups is 2. The van der Waals surface area contributed by atoms with Crippen LogP contribution in [0.1, 0.15) is 12.8 Å². The fourth-order valence-electron chi connectivity index (χ4n) is 2.69. The third-order valence-electron chi connectivity index (χ3n) is 3.68. The molecule has 0 aliphatic carbocycles. The van der Waals surface area contributed by atoms with Gasteiger partial charge >= 0.3 is 6.09 Å². The Morgan fingerprint density at radius 3 is 2.58 bits per heavy atom. The van der Waals surface area contributed by atoms with Crippen molar-refractivity contribution >= 4 is 12.0 Å². The Labute approximate surface area is 108 Å². The van der Waals surface area contributed by atoms with Gasteiger partial charge in [-0.05, 0) is 6.42 Å². The van der Waals surface area contributed by atoms with Gasteiger partial charge in [0, 0.05) is 19.5 Å². The molecule has 0 saturated carbocycles. The minimum Gasteiger partial charge on any atom is -0.465 e. The van der Waals surface area contributed by atoms with E-state index >= 15 is 0 Å². The summed E-state index contributed by atoms with van der Waals surface area (Å²) in [5, 5.41) is 17.9. The summed E-state index contributed by atoms with van der Waals surface area (Å²) in [5.41, 5.74) is 0. The van der Waals surface area contributed by atoms with Crippen LogP contribution in [0.25, 0.3) is 0 Å². The number of hydrogen-bond donors (Lipinski definition) is 2. The first-order valence-electron chi connectivity index (χ1n) is 6.11. The summed E-state index contributed by atoms with van der Waals surface area (Å²) < 4.78 is 26.5. The largest absolute Gasteiger partial charge is 0.465 e. The van der Waals surface area contributed by atoms with E-state index in [0.29, 0.717) is 6.42 Å². The van der Waals surface area contributed by atoms with Crippen molar-refractivity contribution in [2.75, 3.05) is 26.2 Å². The number of nitrogens with zero attached hydrogens (tertiary/aromatic N) is 2. The molecule has 108 valence electrons. The van der Waals surface area contributed by atoms with Crippen LogP contribution in [0.15, 0.2) is 0 Å². The molecule has 6 nitrogen and oxygen atoms in total. The molecule has 2 heterocycles. The highest BCUT2D eigenvalue weighted by molar-refractivity contribution is 5.81. The normalized spacial score (nSPS) is 29.8. The van der Waals surface area contributed by atoms with Gasteiger partial charge in [0.15, 0.2) is 0 Å². The number of likely N-dealkylation sites (tertiary alicyclic amines) is 2. The van der Waals surface area contributed by atoms with Crippen molar-refractivity contribution in [3.05, 3.63) is 0 Å². The van der Waals surface area contributed by atoms with Crippen molar-refractivity contribution < 1.29 is 28.6 Å². The minimum absolute atomic E-state index is 0.0361. The summed E-state index contributed by atoms with van der Waals surface area (Å²) in [4.78, 5) is 25.0. The lowest BCUT2D eigenvalue weighted by atomic mass is 10.1. The maximum absolute atomic E-state index is 13.3. The third kappa shape index (κ3) is 2.78. The van der Waals surface area contributed by atoms with Gasteiger partial charge in [-0.15, -0.1) is 0 Å². The monoisotopic (exact) mass is 278 g/mol. The zero-order valence-corrected chi connectivity index (χ0v) is 10.3. The van der Waals surface area contributed by atoms with Crippen LogP contribution in [0, 0.1) is 5.92 Å². The van der Waals surface area contributed by atoms with Crippen LogP contribution in [0.5, 0.6) is 0 Å². The van der Waals surface area contributed by atoms with Gasteiger partial charge in [-0.3, -0.25) is 4.79 Å². The van der Waals surface area contributed by atoms with Crippen molar-refractivity contribution in [2.24, 2.45) is 5.92 Å². The number of halogens is 2. The predicted octanol–water partition coefficient (Wildman–Crippen LogP) is 0.215. The molecular formula is C11H16F2N2O4. The highest BCUT2D eigenvalue weighted by Crippen LogP contribution is 2.33. The van der Waals surface area contributed by atoms with Crippen LogP contribution in [-0.2, 0) is 4.79 Å². The highest BCUT2D eigenvalue weighted by atomic mass is 19.3. The van der Waals surface area contributed by atoms with Crippen LogP contribution in [0.2, 0.25) is 0 Å². The maximum atomic E-state index is 13.3. The quantitative estimate of drug-likeness (QED) is 0.757. The number of hydrogen-bond acceptors (Lipinski definition) is 3. The van der Waals surface area contributed by atoms with Gasteiger partial charge in [-0.1, -0.05) is 0 Å². The molecule has 2 aliphatic rings. The molecule has 2 fully saturated rings. The summed E-state index contributed by atoms with van der Waals surface area (Å²) in [6.45, 7) is -0.925. The molecule has 0 radical (unpaired) electrons. The molecule has 2 atom stereocenters. The Kier molecular flexibility index (Phi) is 3.62. The van der Waals surface area contributed by atoms with E-state index in [0.717, 1.165) is 9.80 Å². The third-order valence-corrected chi connectivity index (χ3v) is 3.68. The fourth-order valence-corrected chi connectivity index (χ4v) is 2.69. The summed E-state index contributed by atoms with van der Waals surface area (Å²) in [7, 11) is 0. The second-order valence-corrected chi connectivity index (χ2v) is 5.08. The van der Waals surface area contributed by atoms with Gasteiger partial charge in [0.2, 0.25) is 5.91 Å². The number of carboxylic acid groups (broad SMARTS) is 1. The lowest BCUT2D eigenvalue weighted by Gasteiger charge is -2.25. The molecule has 0 aromatic carbocycles. The summed E-state index contributed by atoms with van der Waals surface area (Å²) in [6, 6.07) is -0.874. The van der Waals surface area contributed by atoms with E-state index in [4.69, 9.17) is 10.2 Å². The SMILES string of the molecule is O=C(O)N1CCC(C(=O)N2CC(F)(F)CC2CO)C1. The van der Waals surface area contributed by atoms with E-state index in [-0.39, 0.29) is 13.1 Å². The zero-order valence-electron chi connectivity index (χ0n) is 10.3. The van der Waals surface area contributed by atoms with Crippen molar-refractivity contribution in [2.45, 2.75) is 24.8 Å². The molecule has 2 amide bonds. The molecular weight excluding hydrogens is 262 g/mol. The molecule has 2 aliphatic heterocycles. The van der Waals surface area contributed by atoms with Gasteiger partial charge in [0.1, 0.15) is 0 Å². The second-order valence-electron chi connectivity index (χ2n) is 5.08. The number of alkyl halides is 2. The van der Waals surface area contributed by atoms with Gasteiger partial charge in [-0.2, -0.15) is 0 Å². The highest BCUT2D eigenvalue weighted by Gasteiger charge is 2.48. The molecule has 0 aromatic rings. The average Bonchev–Trinajstić information content (AvgIpc) is 2.92. The Morgan fingerprint density at radius 1 is 1.37 bits per heavy atom. The molecule has 2 rings (SSSR count). The number of aliphatic hydroxyl groups excluding tert-OH is 1. The molecule has 0 bridgehead atoms. The van der Waals surface area contributed by atoms with E-state index in [1.54, 1.807) is 0 Å². The molecule has 2 N–H and O–H groups in total. The Morgan fingerprint density at radius 2 is 2.05 bits per heavy atom. The van der Waals surface area contributed by atoms with Crippen molar-refractivity contribution in [1.82, 2.24) is 9.80 Å². The minimum atomic E-state index is -2.98. The lowest BCUT2D eigenvalue weighted by molar-refractivity contribution is -0.137. The van der Waals surface area contributed by atoms with Gasteiger partial charge in [0.05, 0.1) is 25.1 Å². The van der Waals surface area contributed by atoms with E-state index in [2.05, 4.69) is 0 Å². The summed E-state index contributed by atoms with van der Waals surface area (Å²) in [5.74, 6) is -4.05. The van der Waals surface area contributed by atoms with Crippen LogP contribution in [0.3, 0.4) is 0 Å². The standard InChI is InChI=1S/C11H16F2N2O4/c12-11(13)3-8(5-16)15(6-11)9(17)7-1-2-14(4-7)10(18)19/h7-8,16H,1-6H2,(H,18,19). The van der Waals surface area contributed by atoms with E-state index in [1.807, 2.05) is 0 Å². The predicted molar refractivity (Wildman–Crippen MR) is 59.9 cm³/mol. The van der Waals surface area contributed by atoms with Gasteiger partial charge in [-0.25, -0.2) is 13.6 Å². The molecule has 2 saturated heterocycles. The Hall–Kier alpha value is -1.44. The zero-order chi connectivity index (χ0) is 14.2. The van der Waals surface area contributed by atoms with Crippen molar-refractivity contribution in [3.8, 4) is 0 Å². The first-order valence-corrected chi connectivity index (χ1v) is 6.11. The van der Waals surface area contributed by atoms with Gasteiger partial charge in [0.25, 0.3) is 5.92 Å². The first-order chi connectivity index (χ1) is 8.84. The van der Waals surface area contributed by atoms with Crippen LogP contribution in [0.4, 0.5) is 13.6 Å². The van der Waals surface area contributed by atoms with Crippen LogP contribution in [-0.4, -0.2) is 70.2 Å².